The van der Waals surface area contributed by atoms with Crippen molar-refractivity contribution in [2.75, 3.05) is 17.1 Å². The summed E-state index contributed by atoms with van der Waals surface area (Å²) in [6, 6.07) is 12.7. The van der Waals surface area contributed by atoms with Gasteiger partial charge in [0.05, 0.1) is 17.7 Å². The van der Waals surface area contributed by atoms with Gasteiger partial charge in [-0.3, -0.25) is 9.10 Å². The monoisotopic (exact) mass is 441 g/mol. The third kappa shape index (κ3) is 5.37. The van der Waals surface area contributed by atoms with Crippen molar-refractivity contribution in [2.24, 2.45) is 5.10 Å². The van der Waals surface area contributed by atoms with Gasteiger partial charge in [-0.1, -0.05) is 40.2 Å². The molecule has 26 heavy (non-hydrogen) atoms. The summed E-state index contributed by atoms with van der Waals surface area (Å²) in [5.74, 6) is -1.42. The standard InChI is InChI=1S/C17H17BrFN3O3S/c1-12(13-6-5-7-14(18)10-13)20-21-17(23)11-22(26(2,24)25)16-9-4-3-8-15(16)19/h3-10H,11H2,1-2H3,(H,21,23)/b20-12-. The average molecular weight is 442 g/mol. The average Bonchev–Trinajstić information content (AvgIpc) is 2.57. The first-order valence-corrected chi connectivity index (χ1v) is 10.1. The largest absolute Gasteiger partial charge is 0.271 e. The zero-order valence-corrected chi connectivity index (χ0v) is 16.5. The summed E-state index contributed by atoms with van der Waals surface area (Å²) in [5.41, 5.74) is 3.43. The molecule has 9 heteroatoms. The smallest absolute Gasteiger partial charge is 0.260 e. The molecule has 0 aliphatic carbocycles. The molecule has 0 aliphatic rings. The fourth-order valence-electron chi connectivity index (χ4n) is 2.13. The molecule has 0 atom stereocenters. The number of carbonyl (C=O) groups excluding carboxylic acids is 1. The second-order valence-corrected chi connectivity index (χ2v) is 8.29. The van der Waals surface area contributed by atoms with Gasteiger partial charge in [0.2, 0.25) is 10.0 Å². The molecule has 0 unspecified atom stereocenters. The Morgan fingerprint density at radius 1 is 1.23 bits per heavy atom. The molecule has 0 fully saturated rings. The molecule has 0 heterocycles. The lowest BCUT2D eigenvalue weighted by Gasteiger charge is -2.21. The zero-order valence-electron chi connectivity index (χ0n) is 14.1. The van der Waals surface area contributed by atoms with Crippen LogP contribution in [-0.2, 0) is 14.8 Å². The van der Waals surface area contributed by atoms with Crippen molar-refractivity contribution in [1.82, 2.24) is 5.43 Å². The Hall–Kier alpha value is -2.26. The molecule has 0 saturated carbocycles. The van der Waals surface area contributed by atoms with Gasteiger partial charge in [-0.05, 0) is 36.8 Å². The SMILES string of the molecule is C/C(=N/NC(=O)CN(c1ccccc1F)S(C)(=O)=O)c1cccc(Br)c1. The molecule has 0 bridgehead atoms. The molecular formula is C17H17BrFN3O3S. The molecule has 0 radical (unpaired) electrons. The zero-order chi connectivity index (χ0) is 19.3. The number of hydrogen-bond acceptors (Lipinski definition) is 4. The van der Waals surface area contributed by atoms with Gasteiger partial charge in [-0.25, -0.2) is 18.2 Å². The molecule has 2 aromatic rings. The van der Waals surface area contributed by atoms with Gasteiger partial charge in [0.25, 0.3) is 5.91 Å². The van der Waals surface area contributed by atoms with Crippen molar-refractivity contribution < 1.29 is 17.6 Å². The van der Waals surface area contributed by atoms with E-state index in [1.54, 1.807) is 6.92 Å². The van der Waals surface area contributed by atoms with E-state index in [1.807, 2.05) is 24.3 Å². The number of hydrazone groups is 1. The summed E-state index contributed by atoms with van der Waals surface area (Å²) >= 11 is 3.35. The number of hydrogen-bond donors (Lipinski definition) is 1. The lowest BCUT2D eigenvalue weighted by atomic mass is 10.1. The minimum Gasteiger partial charge on any atom is -0.271 e. The van der Waals surface area contributed by atoms with E-state index in [0.717, 1.165) is 22.4 Å². The van der Waals surface area contributed by atoms with Crippen molar-refractivity contribution in [3.63, 3.8) is 0 Å². The molecule has 6 nitrogen and oxygen atoms in total. The summed E-state index contributed by atoms with van der Waals surface area (Å²) in [5, 5.41) is 3.97. The van der Waals surface area contributed by atoms with Crippen LogP contribution in [0.3, 0.4) is 0 Å². The lowest BCUT2D eigenvalue weighted by Crippen LogP contribution is -2.39. The maximum atomic E-state index is 13.9. The highest BCUT2D eigenvalue weighted by Crippen LogP contribution is 2.21. The third-order valence-electron chi connectivity index (χ3n) is 3.40. The van der Waals surface area contributed by atoms with E-state index in [0.29, 0.717) is 10.0 Å². The van der Waals surface area contributed by atoms with Crippen LogP contribution in [0.15, 0.2) is 58.1 Å². The van der Waals surface area contributed by atoms with Crippen LogP contribution in [0, 0.1) is 5.82 Å². The van der Waals surface area contributed by atoms with Crippen LogP contribution in [0.1, 0.15) is 12.5 Å². The predicted octanol–water partition coefficient (Wildman–Crippen LogP) is 2.89. The third-order valence-corrected chi connectivity index (χ3v) is 5.02. The quantitative estimate of drug-likeness (QED) is 0.552. The Morgan fingerprint density at radius 2 is 1.92 bits per heavy atom. The molecule has 1 amide bonds. The Balaban J connectivity index is 2.16. The molecule has 2 rings (SSSR count). The van der Waals surface area contributed by atoms with Crippen LogP contribution in [-0.4, -0.2) is 32.8 Å². The molecule has 0 spiro atoms. The normalized spacial score (nSPS) is 11.9. The number of benzene rings is 2. The first kappa shape index (κ1) is 20.1. The van der Waals surface area contributed by atoms with Gasteiger partial charge in [-0.15, -0.1) is 0 Å². The number of rotatable bonds is 6. The fraction of sp³-hybridized carbons (Fsp3) is 0.176. The van der Waals surface area contributed by atoms with E-state index in [2.05, 4.69) is 26.5 Å². The molecule has 1 N–H and O–H groups in total. The topological polar surface area (TPSA) is 78.8 Å². The van der Waals surface area contributed by atoms with E-state index < -0.39 is 28.3 Å². The Bertz CT molecular complexity index is 948. The van der Waals surface area contributed by atoms with Gasteiger partial charge < -0.3 is 0 Å². The van der Waals surface area contributed by atoms with Crippen LogP contribution in [0.4, 0.5) is 10.1 Å². The molecule has 2 aromatic carbocycles. The Labute approximate surface area is 159 Å². The molecule has 0 aliphatic heterocycles. The number of anilines is 1. The summed E-state index contributed by atoms with van der Waals surface area (Å²) in [6.45, 7) is 1.11. The number of halogens is 2. The van der Waals surface area contributed by atoms with Crippen molar-refractivity contribution in [1.29, 1.82) is 0 Å². The summed E-state index contributed by atoms with van der Waals surface area (Å²) in [6.07, 6.45) is 0.905. The van der Waals surface area contributed by atoms with E-state index in [9.17, 15) is 17.6 Å². The van der Waals surface area contributed by atoms with Gasteiger partial charge in [0.1, 0.15) is 12.4 Å². The van der Waals surface area contributed by atoms with Gasteiger partial charge in [0, 0.05) is 4.47 Å². The summed E-state index contributed by atoms with van der Waals surface area (Å²) < 4.78 is 39.4. The Kier molecular flexibility index (Phi) is 6.49. The van der Waals surface area contributed by atoms with Crippen molar-refractivity contribution >= 4 is 43.3 Å². The number of amides is 1. The van der Waals surface area contributed by atoms with Gasteiger partial charge >= 0.3 is 0 Å². The predicted molar refractivity (Wildman–Crippen MR) is 103 cm³/mol. The van der Waals surface area contributed by atoms with Crippen molar-refractivity contribution in [2.45, 2.75) is 6.92 Å². The van der Waals surface area contributed by atoms with Crippen molar-refractivity contribution in [3.05, 3.63) is 64.4 Å². The number of nitrogens with one attached hydrogen (secondary N) is 1. The van der Waals surface area contributed by atoms with Crippen LogP contribution in [0.25, 0.3) is 0 Å². The highest BCUT2D eigenvalue weighted by Gasteiger charge is 2.23. The highest BCUT2D eigenvalue weighted by atomic mass is 79.9. The second-order valence-electron chi connectivity index (χ2n) is 5.46. The van der Waals surface area contributed by atoms with Gasteiger partial charge in [0.15, 0.2) is 0 Å². The maximum absolute atomic E-state index is 13.9. The number of carbonyl (C=O) groups is 1. The summed E-state index contributed by atoms with van der Waals surface area (Å²) in [7, 11) is -3.85. The minimum absolute atomic E-state index is 0.196. The first-order valence-electron chi connectivity index (χ1n) is 7.50. The number of sulfonamides is 1. The van der Waals surface area contributed by atoms with E-state index >= 15 is 0 Å². The second kappa shape index (κ2) is 8.41. The van der Waals surface area contributed by atoms with E-state index in [4.69, 9.17) is 0 Å². The van der Waals surface area contributed by atoms with Crippen LogP contribution >= 0.6 is 15.9 Å². The summed E-state index contributed by atoms with van der Waals surface area (Å²) in [4.78, 5) is 12.1. The Morgan fingerprint density at radius 3 is 2.54 bits per heavy atom. The van der Waals surface area contributed by atoms with Crippen LogP contribution in [0.2, 0.25) is 0 Å². The number of nitrogens with zero attached hydrogens (tertiary/aromatic N) is 2. The van der Waals surface area contributed by atoms with Crippen LogP contribution < -0.4 is 9.73 Å². The lowest BCUT2D eigenvalue weighted by molar-refractivity contribution is -0.119. The molecule has 0 aromatic heterocycles. The highest BCUT2D eigenvalue weighted by molar-refractivity contribution is 9.10. The minimum atomic E-state index is -3.85. The van der Waals surface area contributed by atoms with Crippen molar-refractivity contribution in [3.8, 4) is 0 Å². The van der Waals surface area contributed by atoms with E-state index in [-0.39, 0.29) is 5.69 Å². The molecular weight excluding hydrogens is 425 g/mol. The molecule has 138 valence electrons. The van der Waals surface area contributed by atoms with E-state index in [1.165, 1.54) is 18.2 Å². The first-order chi connectivity index (χ1) is 12.2. The van der Waals surface area contributed by atoms with Gasteiger partial charge in [-0.2, -0.15) is 5.10 Å². The molecule has 0 saturated heterocycles. The maximum Gasteiger partial charge on any atom is 0.260 e. The van der Waals surface area contributed by atoms with Crippen LogP contribution in [0.5, 0.6) is 0 Å². The number of para-hydroxylation sites is 1. The fourth-order valence-corrected chi connectivity index (χ4v) is 3.38.